The van der Waals surface area contributed by atoms with Gasteiger partial charge in [-0.3, -0.25) is 4.79 Å². The van der Waals surface area contributed by atoms with Gasteiger partial charge in [-0.25, -0.2) is 4.98 Å². The number of nitrogens with one attached hydrogen (secondary N) is 1. The van der Waals surface area contributed by atoms with Crippen LogP contribution in [0.3, 0.4) is 0 Å². The SMILES string of the molecule is C=CCCC(O)CN1CCC(C(=O)Nc2ccc(C)cn2)CC1. The molecule has 1 aromatic rings. The van der Waals surface area contributed by atoms with E-state index in [4.69, 9.17) is 0 Å². The minimum absolute atomic E-state index is 0.0275. The molecule has 23 heavy (non-hydrogen) atoms. The molecule has 0 spiro atoms. The first kappa shape index (κ1) is 17.6. The number of anilines is 1. The van der Waals surface area contributed by atoms with Crippen LogP contribution in [0.15, 0.2) is 31.0 Å². The molecule has 5 nitrogen and oxygen atoms in total. The highest BCUT2D eigenvalue weighted by molar-refractivity contribution is 5.91. The van der Waals surface area contributed by atoms with E-state index in [9.17, 15) is 9.90 Å². The summed E-state index contributed by atoms with van der Waals surface area (Å²) < 4.78 is 0. The van der Waals surface area contributed by atoms with Gasteiger partial charge in [-0.05, 0) is 57.3 Å². The highest BCUT2D eigenvalue weighted by Gasteiger charge is 2.26. The molecule has 2 rings (SSSR count). The summed E-state index contributed by atoms with van der Waals surface area (Å²) >= 11 is 0. The number of hydrogen-bond donors (Lipinski definition) is 2. The van der Waals surface area contributed by atoms with Crippen LogP contribution in [0, 0.1) is 12.8 Å². The zero-order valence-electron chi connectivity index (χ0n) is 13.9. The van der Waals surface area contributed by atoms with E-state index in [1.54, 1.807) is 6.20 Å². The monoisotopic (exact) mass is 317 g/mol. The van der Waals surface area contributed by atoms with Gasteiger partial charge in [-0.2, -0.15) is 0 Å². The number of allylic oxidation sites excluding steroid dienone is 1. The molecule has 0 aromatic carbocycles. The number of carbonyl (C=O) groups excluding carboxylic acids is 1. The molecule has 1 aliphatic heterocycles. The highest BCUT2D eigenvalue weighted by Crippen LogP contribution is 2.19. The Bertz CT molecular complexity index is 508. The molecule has 0 radical (unpaired) electrons. The molecule has 1 amide bonds. The van der Waals surface area contributed by atoms with E-state index in [0.717, 1.165) is 44.3 Å². The number of amides is 1. The summed E-state index contributed by atoms with van der Waals surface area (Å²) in [6.07, 6.45) is 6.52. The third kappa shape index (κ3) is 5.77. The van der Waals surface area contributed by atoms with E-state index in [2.05, 4.69) is 21.8 Å². The summed E-state index contributed by atoms with van der Waals surface area (Å²) in [5, 5.41) is 12.8. The normalized spacial score (nSPS) is 17.7. The van der Waals surface area contributed by atoms with Gasteiger partial charge in [0, 0.05) is 18.7 Å². The number of aliphatic hydroxyl groups excluding tert-OH is 1. The van der Waals surface area contributed by atoms with Crippen LogP contribution >= 0.6 is 0 Å². The maximum atomic E-state index is 12.3. The number of piperidine rings is 1. The van der Waals surface area contributed by atoms with E-state index < -0.39 is 0 Å². The van der Waals surface area contributed by atoms with Gasteiger partial charge in [0.05, 0.1) is 6.10 Å². The zero-order valence-corrected chi connectivity index (χ0v) is 13.9. The van der Waals surface area contributed by atoms with Crippen LogP contribution < -0.4 is 5.32 Å². The van der Waals surface area contributed by atoms with Crippen LogP contribution in [-0.2, 0) is 4.79 Å². The van der Waals surface area contributed by atoms with Crippen molar-refractivity contribution >= 4 is 11.7 Å². The molecule has 1 fully saturated rings. The fraction of sp³-hybridized carbons (Fsp3) is 0.556. The summed E-state index contributed by atoms with van der Waals surface area (Å²) in [5.74, 6) is 0.691. The Morgan fingerprint density at radius 1 is 1.52 bits per heavy atom. The number of β-amino-alcohol motifs (C(OH)–C–C–N with tert-alkyl or cyclic N) is 1. The van der Waals surface area contributed by atoms with E-state index in [1.807, 2.05) is 25.1 Å². The largest absolute Gasteiger partial charge is 0.392 e. The number of rotatable bonds is 7. The maximum Gasteiger partial charge on any atom is 0.228 e. The molecule has 0 aliphatic carbocycles. The highest BCUT2D eigenvalue weighted by atomic mass is 16.3. The number of likely N-dealkylation sites (tertiary alicyclic amines) is 1. The van der Waals surface area contributed by atoms with Gasteiger partial charge in [0.1, 0.15) is 5.82 Å². The Hall–Kier alpha value is -1.72. The number of carbonyl (C=O) groups is 1. The van der Waals surface area contributed by atoms with E-state index in [0.29, 0.717) is 12.4 Å². The molecule has 1 aliphatic rings. The van der Waals surface area contributed by atoms with Crippen LogP contribution in [0.4, 0.5) is 5.82 Å². The van der Waals surface area contributed by atoms with Crippen molar-refractivity contribution in [3.05, 3.63) is 36.5 Å². The zero-order chi connectivity index (χ0) is 16.7. The first-order valence-electron chi connectivity index (χ1n) is 8.33. The lowest BCUT2D eigenvalue weighted by atomic mass is 9.95. The first-order valence-corrected chi connectivity index (χ1v) is 8.33. The van der Waals surface area contributed by atoms with Gasteiger partial charge in [0.2, 0.25) is 5.91 Å². The Morgan fingerprint density at radius 3 is 2.87 bits per heavy atom. The van der Waals surface area contributed by atoms with Crippen LogP contribution in [0.2, 0.25) is 0 Å². The van der Waals surface area contributed by atoms with Crippen molar-refractivity contribution in [2.75, 3.05) is 25.0 Å². The summed E-state index contributed by atoms with van der Waals surface area (Å²) in [6, 6.07) is 3.77. The van der Waals surface area contributed by atoms with Crippen molar-refractivity contribution in [3.63, 3.8) is 0 Å². The number of nitrogens with zero attached hydrogens (tertiary/aromatic N) is 2. The van der Waals surface area contributed by atoms with E-state index >= 15 is 0 Å². The van der Waals surface area contributed by atoms with Gasteiger partial charge in [-0.15, -0.1) is 6.58 Å². The van der Waals surface area contributed by atoms with E-state index in [1.165, 1.54) is 0 Å². The number of aliphatic hydroxyl groups is 1. The third-order valence-electron chi connectivity index (χ3n) is 4.29. The fourth-order valence-electron chi connectivity index (χ4n) is 2.85. The second-order valence-corrected chi connectivity index (χ2v) is 6.30. The molecule has 2 heterocycles. The van der Waals surface area contributed by atoms with Crippen molar-refractivity contribution in [3.8, 4) is 0 Å². The van der Waals surface area contributed by atoms with Gasteiger partial charge in [0.25, 0.3) is 0 Å². The molecule has 1 aromatic heterocycles. The van der Waals surface area contributed by atoms with Crippen LogP contribution in [0.5, 0.6) is 0 Å². The predicted molar refractivity (Wildman–Crippen MR) is 92.2 cm³/mol. The Labute approximate surface area is 138 Å². The van der Waals surface area contributed by atoms with Gasteiger partial charge in [0.15, 0.2) is 0 Å². The number of pyridine rings is 1. The molecular formula is C18H27N3O2. The van der Waals surface area contributed by atoms with Crippen molar-refractivity contribution in [2.45, 2.75) is 38.7 Å². The Kier molecular flexibility index (Phi) is 6.74. The van der Waals surface area contributed by atoms with Crippen LogP contribution in [0.1, 0.15) is 31.2 Å². The number of aryl methyl sites for hydroxylation is 1. The molecule has 1 unspecified atom stereocenters. The topological polar surface area (TPSA) is 65.5 Å². The van der Waals surface area contributed by atoms with Crippen LogP contribution in [-0.4, -0.2) is 46.6 Å². The second-order valence-electron chi connectivity index (χ2n) is 6.30. The fourth-order valence-corrected chi connectivity index (χ4v) is 2.85. The van der Waals surface area contributed by atoms with Crippen molar-refractivity contribution in [1.82, 2.24) is 9.88 Å². The molecule has 0 bridgehead atoms. The average Bonchev–Trinajstić information content (AvgIpc) is 2.55. The van der Waals surface area contributed by atoms with Crippen molar-refractivity contribution in [1.29, 1.82) is 0 Å². The third-order valence-corrected chi connectivity index (χ3v) is 4.29. The standard InChI is InChI=1S/C18H27N3O2/c1-3-4-5-16(22)13-21-10-8-15(9-11-21)18(23)20-17-7-6-14(2)12-19-17/h3,6-7,12,15-16,22H,1,4-5,8-11,13H2,2H3,(H,19,20,23). The second kappa shape index (κ2) is 8.79. The quantitative estimate of drug-likeness (QED) is 0.758. The molecule has 126 valence electrons. The molecule has 2 N–H and O–H groups in total. The summed E-state index contributed by atoms with van der Waals surface area (Å²) in [5.41, 5.74) is 1.08. The maximum absolute atomic E-state index is 12.3. The Balaban J connectivity index is 1.74. The summed E-state index contributed by atoms with van der Waals surface area (Å²) in [4.78, 5) is 18.7. The van der Waals surface area contributed by atoms with Gasteiger partial charge >= 0.3 is 0 Å². The Morgan fingerprint density at radius 2 is 2.26 bits per heavy atom. The lowest BCUT2D eigenvalue weighted by Crippen LogP contribution is -2.41. The number of hydrogen-bond acceptors (Lipinski definition) is 4. The van der Waals surface area contributed by atoms with Gasteiger partial charge in [-0.1, -0.05) is 12.1 Å². The molecule has 5 heteroatoms. The molecule has 1 saturated heterocycles. The van der Waals surface area contributed by atoms with Crippen molar-refractivity contribution in [2.24, 2.45) is 5.92 Å². The average molecular weight is 317 g/mol. The lowest BCUT2D eigenvalue weighted by molar-refractivity contribution is -0.121. The molecule has 1 atom stereocenters. The van der Waals surface area contributed by atoms with Crippen LogP contribution in [0.25, 0.3) is 0 Å². The predicted octanol–water partition coefficient (Wildman–Crippen LogP) is 2.37. The molecular weight excluding hydrogens is 290 g/mol. The molecule has 0 saturated carbocycles. The lowest BCUT2D eigenvalue weighted by Gasteiger charge is -2.32. The summed E-state index contributed by atoms with van der Waals surface area (Å²) in [7, 11) is 0. The smallest absolute Gasteiger partial charge is 0.228 e. The minimum Gasteiger partial charge on any atom is -0.392 e. The minimum atomic E-state index is -0.310. The van der Waals surface area contributed by atoms with Crippen molar-refractivity contribution < 1.29 is 9.90 Å². The summed E-state index contributed by atoms with van der Waals surface area (Å²) in [6.45, 7) is 8.03. The van der Waals surface area contributed by atoms with Gasteiger partial charge < -0.3 is 15.3 Å². The van der Waals surface area contributed by atoms with E-state index in [-0.39, 0.29) is 17.9 Å². The number of aromatic nitrogens is 1. The first-order chi connectivity index (χ1) is 11.1.